The first kappa shape index (κ1) is 18.4. The molecular weight excluding hydrogens is 371 g/mol. The Labute approximate surface area is 144 Å². The van der Waals surface area contributed by atoms with Crippen LogP contribution in [-0.2, 0) is 6.42 Å². The van der Waals surface area contributed by atoms with Gasteiger partial charge in [0.25, 0.3) is 0 Å². The minimum Gasteiger partial charge on any atom is -0.494 e. The Morgan fingerprint density at radius 1 is 1.17 bits per heavy atom. The maximum atomic E-state index is 12.3. The summed E-state index contributed by atoms with van der Waals surface area (Å²) >= 11 is 3.39. The molecule has 1 aliphatic rings. The summed E-state index contributed by atoms with van der Waals surface area (Å²) < 4.78 is 42.6. The second-order valence-electron chi connectivity index (χ2n) is 5.84. The highest BCUT2D eigenvalue weighted by atomic mass is 79.9. The van der Waals surface area contributed by atoms with Gasteiger partial charge in [-0.15, -0.1) is 0 Å². The number of aryl methyl sites for hydroxylation is 1. The fourth-order valence-corrected chi connectivity index (χ4v) is 3.23. The maximum absolute atomic E-state index is 12.3. The molecule has 130 valence electrons. The van der Waals surface area contributed by atoms with Crippen molar-refractivity contribution < 1.29 is 17.9 Å². The molecule has 0 saturated heterocycles. The summed E-state index contributed by atoms with van der Waals surface area (Å²) in [5, 5.41) is 0.980. The van der Waals surface area contributed by atoms with E-state index in [1.165, 1.54) is 5.56 Å². The fourth-order valence-electron chi connectivity index (χ4n) is 2.83. The fraction of sp³-hybridized carbons (Fsp3) is 0.647. The van der Waals surface area contributed by atoms with Gasteiger partial charge in [-0.25, -0.2) is 0 Å². The van der Waals surface area contributed by atoms with E-state index >= 15 is 0 Å². The van der Waals surface area contributed by atoms with Crippen molar-refractivity contribution in [3.63, 3.8) is 0 Å². The molecule has 0 saturated carbocycles. The third-order valence-corrected chi connectivity index (χ3v) is 4.51. The second kappa shape index (κ2) is 8.81. The molecule has 0 unspecified atom stereocenters. The molecule has 1 aromatic carbocycles. The molecule has 0 aliphatic carbocycles. The second-order valence-corrected chi connectivity index (χ2v) is 6.64. The number of nitrogens with zero attached hydrogens (tertiary/aromatic N) is 1. The van der Waals surface area contributed by atoms with Crippen LogP contribution in [0.1, 0.15) is 37.7 Å². The van der Waals surface area contributed by atoms with Crippen LogP contribution in [0.2, 0.25) is 0 Å². The lowest BCUT2D eigenvalue weighted by atomic mass is 10.0. The zero-order chi connectivity index (χ0) is 16.7. The molecule has 1 aliphatic heterocycles. The summed E-state index contributed by atoms with van der Waals surface area (Å²) in [5.41, 5.74) is 2.24. The Kier molecular flexibility index (Phi) is 7.06. The number of fused-ring (bicyclic) bond motifs is 1. The van der Waals surface area contributed by atoms with Crippen molar-refractivity contribution in [3.05, 3.63) is 23.8 Å². The number of halogens is 4. The third kappa shape index (κ3) is 6.24. The maximum Gasteiger partial charge on any atom is 0.389 e. The summed E-state index contributed by atoms with van der Waals surface area (Å²) in [4.78, 5) is 2.07. The summed E-state index contributed by atoms with van der Waals surface area (Å²) in [6, 6.07) is 5.95. The molecular formula is C17H23BrF3NO. The lowest BCUT2D eigenvalue weighted by Gasteiger charge is -2.31. The SMILES string of the molecule is FC(F)(F)CCCN1CCCc2cc(OCCCCBr)ccc21. The van der Waals surface area contributed by atoms with Crippen LogP contribution in [0, 0.1) is 0 Å². The lowest BCUT2D eigenvalue weighted by Crippen LogP contribution is -2.31. The standard InChI is InChI=1S/C17H23BrF3NO/c18-9-1-2-12-23-15-6-7-16-14(13-15)5-3-10-22(16)11-4-8-17(19,20)21/h6-7,13H,1-5,8-12H2. The largest absolute Gasteiger partial charge is 0.494 e. The highest BCUT2D eigenvalue weighted by molar-refractivity contribution is 9.09. The van der Waals surface area contributed by atoms with E-state index in [9.17, 15) is 13.2 Å². The van der Waals surface area contributed by atoms with E-state index in [-0.39, 0.29) is 6.42 Å². The van der Waals surface area contributed by atoms with Crippen LogP contribution >= 0.6 is 15.9 Å². The van der Waals surface area contributed by atoms with E-state index in [1.807, 2.05) is 18.2 Å². The molecule has 0 N–H and O–H groups in total. The van der Waals surface area contributed by atoms with Gasteiger partial charge in [0, 0.05) is 30.5 Å². The summed E-state index contributed by atoms with van der Waals surface area (Å²) in [6.45, 7) is 1.98. The van der Waals surface area contributed by atoms with Crippen molar-refractivity contribution in [2.75, 3.05) is 29.9 Å². The molecule has 0 spiro atoms. The Balaban J connectivity index is 1.91. The number of hydrogen-bond donors (Lipinski definition) is 0. The summed E-state index contributed by atoms with van der Waals surface area (Å²) in [7, 11) is 0. The molecule has 0 aromatic heterocycles. The molecule has 6 heteroatoms. The smallest absolute Gasteiger partial charge is 0.389 e. The first-order valence-corrected chi connectivity index (χ1v) is 9.25. The molecule has 0 atom stereocenters. The minimum atomic E-state index is -4.06. The first-order chi connectivity index (χ1) is 11.0. The van der Waals surface area contributed by atoms with E-state index < -0.39 is 12.6 Å². The van der Waals surface area contributed by atoms with Crippen LogP contribution in [0.5, 0.6) is 5.75 Å². The van der Waals surface area contributed by atoms with Crippen LogP contribution in [0.25, 0.3) is 0 Å². The van der Waals surface area contributed by atoms with Gasteiger partial charge in [0.05, 0.1) is 6.61 Å². The van der Waals surface area contributed by atoms with E-state index in [0.29, 0.717) is 13.2 Å². The van der Waals surface area contributed by atoms with Gasteiger partial charge in [-0.2, -0.15) is 13.2 Å². The number of benzene rings is 1. The summed E-state index contributed by atoms with van der Waals surface area (Å²) in [6.07, 6.45) is -0.605. The lowest BCUT2D eigenvalue weighted by molar-refractivity contribution is -0.135. The Morgan fingerprint density at radius 2 is 2.00 bits per heavy atom. The molecule has 2 nitrogen and oxygen atoms in total. The molecule has 0 fully saturated rings. The van der Waals surface area contributed by atoms with E-state index in [2.05, 4.69) is 20.8 Å². The Hall–Kier alpha value is -0.910. The number of ether oxygens (including phenoxy) is 1. The number of anilines is 1. The van der Waals surface area contributed by atoms with Gasteiger partial charge >= 0.3 is 6.18 Å². The average molecular weight is 394 g/mol. The summed E-state index contributed by atoms with van der Waals surface area (Å²) in [5.74, 6) is 0.857. The molecule has 23 heavy (non-hydrogen) atoms. The van der Waals surface area contributed by atoms with Crippen molar-refractivity contribution in [1.82, 2.24) is 0 Å². The van der Waals surface area contributed by atoms with Crippen molar-refractivity contribution in [3.8, 4) is 5.75 Å². The molecule has 0 amide bonds. The van der Waals surface area contributed by atoms with Gasteiger partial charge in [0.1, 0.15) is 5.75 Å². The average Bonchev–Trinajstić information content (AvgIpc) is 2.50. The van der Waals surface area contributed by atoms with Crippen LogP contribution < -0.4 is 9.64 Å². The van der Waals surface area contributed by atoms with E-state index in [1.54, 1.807) is 0 Å². The van der Waals surface area contributed by atoms with Crippen molar-refractivity contribution in [2.45, 2.75) is 44.7 Å². The number of rotatable bonds is 8. The quantitative estimate of drug-likeness (QED) is 0.436. The van der Waals surface area contributed by atoms with Crippen LogP contribution in [0.4, 0.5) is 18.9 Å². The molecule has 0 bridgehead atoms. The van der Waals surface area contributed by atoms with Gasteiger partial charge < -0.3 is 9.64 Å². The third-order valence-electron chi connectivity index (χ3n) is 3.95. The highest BCUT2D eigenvalue weighted by Gasteiger charge is 2.27. The van der Waals surface area contributed by atoms with Gasteiger partial charge in [0.2, 0.25) is 0 Å². The Morgan fingerprint density at radius 3 is 2.74 bits per heavy atom. The zero-order valence-electron chi connectivity index (χ0n) is 13.2. The Bertz CT molecular complexity index is 493. The number of unbranched alkanes of at least 4 members (excludes halogenated alkanes) is 1. The van der Waals surface area contributed by atoms with Crippen molar-refractivity contribution in [1.29, 1.82) is 0 Å². The van der Waals surface area contributed by atoms with Crippen LogP contribution in [0.3, 0.4) is 0 Å². The van der Waals surface area contributed by atoms with Gasteiger partial charge in [-0.05, 0) is 55.9 Å². The molecule has 1 aromatic rings. The topological polar surface area (TPSA) is 12.5 Å². The van der Waals surface area contributed by atoms with E-state index in [0.717, 1.165) is 49.0 Å². The van der Waals surface area contributed by atoms with Gasteiger partial charge in [0.15, 0.2) is 0 Å². The monoisotopic (exact) mass is 393 g/mol. The van der Waals surface area contributed by atoms with Gasteiger partial charge in [-0.3, -0.25) is 0 Å². The predicted molar refractivity (Wildman–Crippen MR) is 90.8 cm³/mol. The molecule has 0 radical (unpaired) electrons. The number of alkyl halides is 4. The zero-order valence-corrected chi connectivity index (χ0v) is 14.8. The molecule has 1 heterocycles. The normalized spacial score (nSPS) is 14.7. The van der Waals surface area contributed by atoms with Gasteiger partial charge in [-0.1, -0.05) is 15.9 Å². The minimum absolute atomic E-state index is 0.147. The van der Waals surface area contributed by atoms with Crippen LogP contribution in [0.15, 0.2) is 18.2 Å². The number of hydrogen-bond acceptors (Lipinski definition) is 2. The van der Waals surface area contributed by atoms with Crippen molar-refractivity contribution in [2.24, 2.45) is 0 Å². The van der Waals surface area contributed by atoms with Crippen LogP contribution in [-0.4, -0.2) is 31.2 Å². The van der Waals surface area contributed by atoms with Crippen molar-refractivity contribution >= 4 is 21.6 Å². The first-order valence-electron chi connectivity index (χ1n) is 8.13. The van der Waals surface area contributed by atoms with E-state index in [4.69, 9.17) is 4.74 Å². The molecule has 2 rings (SSSR count). The highest BCUT2D eigenvalue weighted by Crippen LogP contribution is 2.31. The predicted octanol–water partition coefficient (Wildman–Crippen LogP) is 5.34.